The van der Waals surface area contributed by atoms with E-state index in [1.165, 1.54) is 5.56 Å². The highest BCUT2D eigenvalue weighted by molar-refractivity contribution is 5.88. The lowest BCUT2D eigenvalue weighted by atomic mass is 9.76. The Hall–Kier alpha value is -4.02. The highest BCUT2D eigenvalue weighted by atomic mass is 19.3. The summed E-state index contributed by atoms with van der Waals surface area (Å²) in [5.74, 6) is 0.429. The summed E-state index contributed by atoms with van der Waals surface area (Å²) in [6.45, 7) is 7.92. The van der Waals surface area contributed by atoms with Crippen molar-refractivity contribution in [2.45, 2.75) is 51.4 Å². The first-order valence-electron chi connectivity index (χ1n) is 15.1. The van der Waals surface area contributed by atoms with Crippen LogP contribution in [0.25, 0.3) is 11.1 Å². The van der Waals surface area contributed by atoms with Crippen molar-refractivity contribution >= 4 is 11.9 Å². The predicted octanol–water partition coefficient (Wildman–Crippen LogP) is 6.44. The normalized spacial score (nSPS) is 15.9. The minimum atomic E-state index is -1.60. The molecule has 0 aliphatic heterocycles. The Kier molecular flexibility index (Phi) is 14.2. The second-order valence-electron chi connectivity index (χ2n) is 11.0. The number of carbonyl (C=O) groups is 2. The molecule has 45 heavy (non-hydrogen) atoms. The Morgan fingerprint density at radius 2 is 1.40 bits per heavy atom. The van der Waals surface area contributed by atoms with E-state index in [-0.39, 0.29) is 37.6 Å². The largest absolute Gasteiger partial charge is 0.490 e. The average molecular weight is 629 g/mol. The van der Waals surface area contributed by atoms with E-state index in [0.717, 1.165) is 54.9 Å². The molecule has 0 aromatic heterocycles. The van der Waals surface area contributed by atoms with Crippen LogP contribution in [0.1, 0.15) is 55.6 Å². The van der Waals surface area contributed by atoms with Crippen molar-refractivity contribution in [1.29, 1.82) is 0 Å². The van der Waals surface area contributed by atoms with Crippen LogP contribution in [0.4, 0.5) is 8.78 Å². The second kappa shape index (κ2) is 18.1. The van der Waals surface area contributed by atoms with Gasteiger partial charge in [0.15, 0.2) is 0 Å². The fourth-order valence-electron chi connectivity index (χ4n) is 5.29. The van der Waals surface area contributed by atoms with Crippen molar-refractivity contribution in [3.8, 4) is 22.6 Å². The van der Waals surface area contributed by atoms with Crippen molar-refractivity contribution < 1.29 is 47.5 Å². The van der Waals surface area contributed by atoms with E-state index in [1.54, 1.807) is 6.07 Å². The molecule has 0 amide bonds. The number of rotatable bonds is 17. The van der Waals surface area contributed by atoms with E-state index in [1.807, 2.05) is 19.1 Å². The molecule has 0 radical (unpaired) electrons. The van der Waals surface area contributed by atoms with Gasteiger partial charge >= 0.3 is 11.9 Å². The Balaban J connectivity index is 1.70. The van der Waals surface area contributed by atoms with Gasteiger partial charge in [0, 0.05) is 6.07 Å². The maximum absolute atomic E-state index is 12.4. The van der Waals surface area contributed by atoms with Crippen molar-refractivity contribution in [2.24, 2.45) is 5.92 Å². The van der Waals surface area contributed by atoms with Crippen LogP contribution in [0.5, 0.6) is 11.5 Å². The number of aliphatic hydroxyl groups is 2. The summed E-state index contributed by atoms with van der Waals surface area (Å²) in [6.07, 6.45) is 4.74. The van der Waals surface area contributed by atoms with Crippen LogP contribution in [0.3, 0.4) is 0 Å². The Morgan fingerprint density at radius 3 is 1.89 bits per heavy atom. The molecule has 1 fully saturated rings. The molecule has 3 rings (SSSR count). The summed E-state index contributed by atoms with van der Waals surface area (Å²) < 4.78 is 46.6. The van der Waals surface area contributed by atoms with Gasteiger partial charge < -0.3 is 29.2 Å². The van der Waals surface area contributed by atoms with Crippen LogP contribution in [0.15, 0.2) is 72.9 Å². The molecule has 0 heterocycles. The number of benzene rings is 2. The fourth-order valence-corrected chi connectivity index (χ4v) is 5.29. The number of hydrogen-bond acceptors (Lipinski definition) is 8. The van der Waals surface area contributed by atoms with Gasteiger partial charge in [-0.25, -0.2) is 9.59 Å². The van der Waals surface area contributed by atoms with Gasteiger partial charge in [-0.2, -0.15) is 8.78 Å². The van der Waals surface area contributed by atoms with Gasteiger partial charge in [-0.1, -0.05) is 31.4 Å². The summed E-state index contributed by atoms with van der Waals surface area (Å²) >= 11 is 0. The molecule has 8 nitrogen and oxygen atoms in total. The molecule has 2 aromatic rings. The van der Waals surface area contributed by atoms with Crippen molar-refractivity contribution in [1.82, 2.24) is 0 Å². The molecule has 2 N–H and O–H groups in total. The van der Waals surface area contributed by atoms with Gasteiger partial charge in [-0.3, -0.25) is 0 Å². The molecule has 1 aliphatic rings. The summed E-state index contributed by atoms with van der Waals surface area (Å²) in [7, 11) is 0. The topological polar surface area (TPSA) is 112 Å². The van der Waals surface area contributed by atoms with E-state index < -0.39 is 31.2 Å². The lowest BCUT2D eigenvalue weighted by Gasteiger charge is -2.29. The van der Waals surface area contributed by atoms with Crippen LogP contribution in [-0.2, 0) is 19.1 Å². The van der Waals surface area contributed by atoms with Gasteiger partial charge in [0.25, 0.3) is 6.08 Å². The molecule has 244 valence electrons. The second-order valence-corrected chi connectivity index (χ2v) is 11.0. The van der Waals surface area contributed by atoms with Crippen LogP contribution >= 0.6 is 0 Å². The highest BCUT2D eigenvalue weighted by Crippen LogP contribution is 2.39. The molecule has 0 spiro atoms. The van der Waals surface area contributed by atoms with E-state index in [4.69, 9.17) is 29.2 Å². The van der Waals surface area contributed by atoms with Gasteiger partial charge in [0.05, 0.1) is 24.4 Å². The molecule has 10 heteroatoms. The number of hydrogen-bond donors (Lipinski definition) is 2. The Bertz CT molecular complexity index is 1300. The molecular formula is C35H42F2O8. The third-order valence-corrected chi connectivity index (χ3v) is 7.76. The summed E-state index contributed by atoms with van der Waals surface area (Å²) in [5.41, 5.74) is 4.02. The molecule has 1 aliphatic carbocycles. The summed E-state index contributed by atoms with van der Waals surface area (Å²) in [5, 5.41) is 18.0. The predicted molar refractivity (Wildman–Crippen MR) is 166 cm³/mol. The SMILES string of the molecule is C=C(CO)C(=O)OCCOc1cc(OCCOC(=O)C(=C)CO)cc(-c2ccc(C3CCC(CCC=C(F)F)CC3)cc2C)c1. The van der Waals surface area contributed by atoms with Crippen LogP contribution in [-0.4, -0.2) is 61.8 Å². The molecular weight excluding hydrogens is 586 g/mol. The first kappa shape index (κ1) is 35.5. The molecule has 0 unspecified atom stereocenters. The van der Waals surface area contributed by atoms with E-state index >= 15 is 0 Å². The van der Waals surface area contributed by atoms with Gasteiger partial charge in [-0.05, 0) is 97.7 Å². The zero-order valence-electron chi connectivity index (χ0n) is 25.7. The minimum Gasteiger partial charge on any atom is -0.490 e. The number of carbonyl (C=O) groups excluding carboxylic acids is 2. The van der Waals surface area contributed by atoms with E-state index in [0.29, 0.717) is 29.8 Å². The summed E-state index contributed by atoms with van der Waals surface area (Å²) in [6, 6.07) is 11.8. The van der Waals surface area contributed by atoms with Crippen LogP contribution in [0.2, 0.25) is 0 Å². The number of allylic oxidation sites excluding steroid dienone is 1. The fraction of sp³-hybridized carbons (Fsp3) is 0.429. The van der Waals surface area contributed by atoms with Crippen molar-refractivity contribution in [3.63, 3.8) is 0 Å². The van der Waals surface area contributed by atoms with Gasteiger partial charge in [0.1, 0.15) is 37.9 Å². The monoisotopic (exact) mass is 628 g/mol. The number of aryl methyl sites for hydroxylation is 1. The Labute approximate surface area is 263 Å². The first-order valence-corrected chi connectivity index (χ1v) is 15.1. The van der Waals surface area contributed by atoms with Gasteiger partial charge in [0.2, 0.25) is 0 Å². The Morgan fingerprint density at radius 1 is 0.844 bits per heavy atom. The molecule has 0 saturated heterocycles. The zero-order chi connectivity index (χ0) is 32.8. The minimum absolute atomic E-state index is 0.0494. The molecule has 0 bridgehead atoms. The van der Waals surface area contributed by atoms with Crippen LogP contribution in [0, 0.1) is 12.8 Å². The zero-order valence-corrected chi connectivity index (χ0v) is 25.7. The smallest absolute Gasteiger partial charge is 0.335 e. The molecule has 1 saturated carbocycles. The van der Waals surface area contributed by atoms with Crippen molar-refractivity contribution in [2.75, 3.05) is 39.6 Å². The molecule has 2 aromatic carbocycles. The maximum Gasteiger partial charge on any atom is 0.335 e. The average Bonchev–Trinajstić information content (AvgIpc) is 3.04. The third-order valence-electron chi connectivity index (χ3n) is 7.76. The molecule has 0 atom stereocenters. The van der Waals surface area contributed by atoms with Crippen molar-refractivity contribution in [3.05, 3.63) is 84.0 Å². The quantitative estimate of drug-likeness (QED) is 0.117. The number of esters is 2. The highest BCUT2D eigenvalue weighted by Gasteiger charge is 2.23. The lowest BCUT2D eigenvalue weighted by molar-refractivity contribution is -0.141. The first-order chi connectivity index (χ1) is 21.6. The van der Waals surface area contributed by atoms with Crippen LogP contribution < -0.4 is 9.47 Å². The standard InChI is InChI=1S/C35H42F2O8/c1-23-17-28(27-9-7-26(8-10-27)5-4-6-33(36)37)11-12-32(23)29-18-30(42-13-15-44-34(40)24(2)21-38)20-31(19-29)43-14-16-45-35(41)25(3)22-39/h6,11-12,17-20,26-27,38-39H,2-5,7-10,13-16,21-22H2,1H3. The lowest BCUT2D eigenvalue weighted by Crippen LogP contribution is -2.15. The number of ether oxygens (including phenoxy) is 4. The maximum atomic E-state index is 12.4. The number of halogens is 2. The third kappa shape index (κ3) is 11.4. The van der Waals surface area contributed by atoms with E-state index in [9.17, 15) is 18.4 Å². The number of aliphatic hydroxyl groups excluding tert-OH is 2. The summed E-state index contributed by atoms with van der Waals surface area (Å²) in [4.78, 5) is 23.5. The van der Waals surface area contributed by atoms with E-state index in [2.05, 4.69) is 31.4 Å². The van der Waals surface area contributed by atoms with Gasteiger partial charge in [-0.15, -0.1) is 0 Å².